The number of nitrogens with zero attached hydrogens (tertiary/aromatic N) is 6. The first kappa shape index (κ1) is 101. The largest absolute Gasteiger partial charge is 0.508 e. The highest BCUT2D eigenvalue weighted by Gasteiger charge is 2.45. The van der Waals surface area contributed by atoms with Gasteiger partial charge in [0.1, 0.15) is 78.3 Å². The average molecular weight is 1820 g/mol. The van der Waals surface area contributed by atoms with Gasteiger partial charge in [0.25, 0.3) is 0 Å². The third-order valence-corrected chi connectivity index (χ3v) is 25.0. The molecule has 3 fully saturated rings. The van der Waals surface area contributed by atoms with E-state index in [9.17, 15) is 63.3 Å². The van der Waals surface area contributed by atoms with Gasteiger partial charge in [-0.1, -0.05) is 88.1 Å². The summed E-state index contributed by atoms with van der Waals surface area (Å²) in [7, 11) is 4.01. The summed E-state index contributed by atoms with van der Waals surface area (Å²) in [4.78, 5) is 267. The third-order valence-electron chi connectivity index (χ3n) is 23.9. The number of aliphatic carboxylic acids is 1. The topological polar surface area (TPSA) is 588 Å². The number of primary amides is 1. The van der Waals surface area contributed by atoms with E-state index in [0.29, 0.717) is 70.6 Å². The van der Waals surface area contributed by atoms with Crippen LogP contribution in [-0.2, 0) is 107 Å². The number of aromatic amines is 3. The molecule has 14 atom stereocenters. The number of H-pyrrole nitrogens is 3. The molecule has 41 heteroatoms. The smallest absolute Gasteiger partial charge is 0.305 e. The van der Waals surface area contributed by atoms with E-state index in [1.54, 1.807) is 60.9 Å². The summed E-state index contributed by atoms with van der Waals surface area (Å²) >= 11 is 0.807. The minimum absolute atomic E-state index is 0.00946. The summed E-state index contributed by atoms with van der Waals surface area (Å²) in [5, 5.41) is 56.8. The number of aliphatic hydroxyl groups excluding tert-OH is 1. The van der Waals surface area contributed by atoms with E-state index in [2.05, 4.69) is 67.8 Å². The number of likely N-dealkylation sites (N-methyl/N-ethyl adjacent to an activating group) is 3. The Morgan fingerprint density at radius 3 is 1.72 bits per heavy atom. The lowest BCUT2D eigenvalue weighted by Crippen LogP contribution is -2.60. The molecule has 15 amide bonds. The molecule has 1 unspecified atom stereocenters. The lowest BCUT2D eigenvalue weighted by atomic mass is 9.90. The number of hydrogen-bond donors (Lipinski definition) is 17. The number of para-hydroxylation sites is 2. The number of aliphatic hydroxyl groups is 1. The Morgan fingerprint density at radius 2 is 1.11 bits per heavy atom. The zero-order valence-corrected chi connectivity index (χ0v) is 75.0. The van der Waals surface area contributed by atoms with Gasteiger partial charge in [-0.3, -0.25) is 81.5 Å². The van der Waals surface area contributed by atoms with Crippen molar-refractivity contribution in [3.63, 3.8) is 0 Å². The van der Waals surface area contributed by atoms with E-state index in [0.717, 1.165) is 26.5 Å². The Balaban J connectivity index is 1.07. The van der Waals surface area contributed by atoms with Gasteiger partial charge in [-0.2, -0.15) is 0 Å². The Bertz CT molecular complexity index is 5010. The number of carbonyl (C=O) groups excluding carboxylic acids is 16. The summed E-state index contributed by atoms with van der Waals surface area (Å²) in [6.45, 7) is 4.69. The predicted molar refractivity (Wildman–Crippen MR) is 478 cm³/mol. The number of aromatic nitrogens is 4. The SMILES string of the molecule is CCCC[C@H]1C(=O)N(C)[C@@H](CCCC)C(=O)N[C@@H](C)C(=O)N[C@H](C(=O)NCC(N)=O)CSCC(=O)N[C@@H](Cc2ccc(O)cc2)C(=O)N(C)[C@@H](C)C(=O)N[C@@H](CCCCN)C(=O)N2CCC[C@H]2C(=O)N[C@@H](Cc2c[nH]cn2)C(=O)N[C@@H](CC(=O)O)C(=O)N2CCCC2C(=O)C[C@@H](Cc2c[nH]c3ccccc23)C(=O)N[C@@H](CO)C(=O)N[C@@H](Cc2c[nH]c3ccccc23)C(=O)N1C. The van der Waals surface area contributed by atoms with Crippen LogP contribution in [0.4, 0.5) is 0 Å². The molecule has 3 saturated heterocycles. The standard InChI is InChI=1S/C89H122N20O20S/c1-8-10-25-70-83(123)97-50(3)77(117)104-68(80(120)95-45-74(91)113)47-130-48-75(114)98-64(36-52-29-31-57(111)32-30-52)85(125)105(5)51(4)78(118)99-62(24-16-17-33-90)87(127)109-35-19-28-71(109)84(124)100-63(40-56-44-92-49-96-56)81(121)102-66(41-76(115)116)88(128)108-34-18-27-69(108)73(112)39-53(37-54-42-93-60-22-14-12-20-58(54)60)79(119)103-67(46-110)82(122)101-65(38-55-43-94-61-23-15-13-21-59(55)61)86(126)107(7)72(26-11-9-2)89(129)106(70)6/h12-15,20-23,29-32,42-44,49-51,53,62-72,93-94,110-111H,8-11,16-19,24-28,33-41,45-48,90H2,1-7H3,(H2,91,113)(H,92,96)(H,95,120)(H,97,123)(H,98,114)(H,99,118)(H,100,124)(H,101,122)(H,102,121)(H,103,119)(H,104,117)(H,115,116)/t50-,51-,53+,62-,63-,64-,65-,66-,67-,68-,69?,70-,71-,72-/m0/s1. The number of amides is 15. The monoisotopic (exact) mass is 1820 g/mol. The fourth-order valence-corrected chi connectivity index (χ4v) is 17.3. The van der Waals surface area contributed by atoms with Crippen molar-refractivity contribution in [2.45, 2.75) is 228 Å². The average Bonchev–Trinajstić information content (AvgIpc) is 1.47. The zero-order chi connectivity index (χ0) is 94.6. The van der Waals surface area contributed by atoms with Crippen molar-refractivity contribution in [3.05, 3.63) is 120 Å². The number of Topliss-reactive ketones (excluding diaryl/α,β-unsaturated/α-hetero) is 1. The fourth-order valence-electron chi connectivity index (χ4n) is 16.4. The maximum absolute atomic E-state index is 15.6. The van der Waals surface area contributed by atoms with E-state index in [-0.39, 0.29) is 114 Å². The lowest BCUT2D eigenvalue weighted by molar-refractivity contribution is -0.149. The first-order valence-electron chi connectivity index (χ1n) is 44.0. The minimum atomic E-state index is -1.90. The number of ketones is 1. The molecule has 6 aromatic rings. The molecule has 0 bridgehead atoms. The van der Waals surface area contributed by atoms with E-state index in [1.807, 2.05) is 13.8 Å². The first-order valence-corrected chi connectivity index (χ1v) is 45.2. The molecule has 3 aliphatic heterocycles. The van der Waals surface area contributed by atoms with Crippen molar-refractivity contribution in [1.82, 2.24) is 92.3 Å². The quantitative estimate of drug-likeness (QED) is 0.0344. The second-order valence-electron chi connectivity index (χ2n) is 33.3. The highest BCUT2D eigenvalue weighted by atomic mass is 32.2. The Kier molecular flexibility index (Phi) is 37.7. The van der Waals surface area contributed by atoms with Crippen LogP contribution in [0.25, 0.3) is 21.8 Å². The molecule has 3 aliphatic rings. The maximum atomic E-state index is 15.6. The molecule has 0 spiro atoms. The molecule has 40 nitrogen and oxygen atoms in total. The zero-order valence-electron chi connectivity index (χ0n) is 74.2. The van der Waals surface area contributed by atoms with Gasteiger partial charge >= 0.3 is 5.97 Å². The number of rotatable bonds is 24. The van der Waals surface area contributed by atoms with Crippen LogP contribution < -0.4 is 59.3 Å². The van der Waals surface area contributed by atoms with Crippen molar-refractivity contribution in [2.75, 3.05) is 65.4 Å². The number of imidazole rings is 1. The molecular weight excluding hydrogens is 1700 g/mol. The molecule has 130 heavy (non-hydrogen) atoms. The second kappa shape index (κ2) is 48.6. The van der Waals surface area contributed by atoms with Crippen molar-refractivity contribution >= 4 is 134 Å². The van der Waals surface area contributed by atoms with Gasteiger partial charge in [0.2, 0.25) is 88.6 Å². The number of thioether (sulfide) groups is 1. The van der Waals surface area contributed by atoms with Crippen molar-refractivity contribution < 1.29 is 96.8 Å². The molecule has 3 aromatic heterocycles. The van der Waals surface area contributed by atoms with Gasteiger partial charge in [-0.15, -0.1) is 11.8 Å². The Labute approximate surface area is 756 Å². The Hall–Kier alpha value is -12.8. The van der Waals surface area contributed by atoms with Crippen LogP contribution in [0.15, 0.2) is 97.7 Å². The molecule has 19 N–H and O–H groups in total. The number of phenols is 1. The maximum Gasteiger partial charge on any atom is 0.305 e. The number of aromatic hydroxyl groups is 1. The second-order valence-corrected chi connectivity index (χ2v) is 34.4. The lowest BCUT2D eigenvalue weighted by Gasteiger charge is -2.36. The number of nitrogens with one attached hydrogen (secondary N) is 12. The van der Waals surface area contributed by atoms with Crippen molar-refractivity contribution in [2.24, 2.45) is 17.4 Å². The number of unbranched alkanes of at least 4 members (excludes halogenated alkanes) is 3. The molecule has 0 aliphatic carbocycles. The first-order chi connectivity index (χ1) is 62.1. The molecule has 0 saturated carbocycles. The van der Waals surface area contributed by atoms with E-state index in [4.69, 9.17) is 11.5 Å². The summed E-state index contributed by atoms with van der Waals surface area (Å²) in [6.07, 6.45) is 6.35. The van der Waals surface area contributed by atoms with Gasteiger partial charge in [-0.05, 0) is 126 Å². The van der Waals surface area contributed by atoms with Crippen LogP contribution in [-0.4, -0.2) is 304 Å². The van der Waals surface area contributed by atoms with Crippen LogP contribution >= 0.6 is 11.8 Å². The van der Waals surface area contributed by atoms with E-state index < -0.39 is 217 Å². The predicted octanol–water partition coefficient (Wildman–Crippen LogP) is -0.370. The van der Waals surface area contributed by atoms with Crippen molar-refractivity contribution in [1.29, 1.82) is 0 Å². The molecule has 9 rings (SSSR count). The van der Waals surface area contributed by atoms with Gasteiger partial charge < -0.3 is 114 Å². The number of phenolic OH excluding ortho intramolecular Hbond substituents is 1. The molecule has 6 heterocycles. The number of hydrogen-bond acceptors (Lipinski definition) is 22. The number of carboxylic acids is 1. The summed E-state index contributed by atoms with van der Waals surface area (Å²) in [6, 6.07) is 0.568. The van der Waals surface area contributed by atoms with E-state index >= 15 is 33.6 Å². The van der Waals surface area contributed by atoms with Crippen LogP contribution in [0.2, 0.25) is 0 Å². The Morgan fingerprint density at radius 1 is 0.546 bits per heavy atom. The summed E-state index contributed by atoms with van der Waals surface area (Å²) < 4.78 is 0. The molecule has 704 valence electrons. The van der Waals surface area contributed by atoms with Crippen LogP contribution in [0, 0.1) is 5.92 Å². The van der Waals surface area contributed by atoms with Crippen LogP contribution in [0.5, 0.6) is 5.75 Å². The number of nitrogens with two attached hydrogens (primary N) is 2. The van der Waals surface area contributed by atoms with E-state index in [1.165, 1.54) is 81.6 Å². The van der Waals surface area contributed by atoms with Crippen LogP contribution in [0.1, 0.15) is 146 Å². The number of carboxylic acid groups (broad SMARTS) is 1. The molecule has 3 aromatic carbocycles. The van der Waals surface area contributed by atoms with Gasteiger partial charge in [0.05, 0.1) is 43.4 Å². The number of fused-ring (bicyclic) bond motifs is 4. The molecule has 0 radical (unpaired) electrons. The van der Waals surface area contributed by atoms with Crippen molar-refractivity contribution in [3.8, 4) is 5.75 Å². The van der Waals surface area contributed by atoms with Gasteiger partial charge in [0, 0.05) is 112 Å². The normalized spacial score (nSPS) is 24.8. The number of benzene rings is 3. The van der Waals surface area contributed by atoms with Gasteiger partial charge in [0.15, 0.2) is 5.78 Å². The highest BCUT2D eigenvalue weighted by Crippen LogP contribution is 2.30. The molecular formula is C89H122N20O20S. The summed E-state index contributed by atoms with van der Waals surface area (Å²) in [5.74, 6) is -17.9. The minimum Gasteiger partial charge on any atom is -0.508 e. The van der Waals surface area contributed by atoms with Crippen LogP contribution in [0.3, 0.4) is 0 Å². The third kappa shape index (κ3) is 27.4. The fraction of sp³-hybridized carbons (Fsp3) is 0.528. The summed E-state index contributed by atoms with van der Waals surface area (Å²) in [5.41, 5.74) is 14.4. The number of carbonyl (C=O) groups is 17. The highest BCUT2D eigenvalue weighted by molar-refractivity contribution is 8.00. The van der Waals surface area contributed by atoms with Gasteiger partial charge in [-0.25, -0.2) is 4.98 Å².